The Hall–Kier alpha value is -3.16. The van der Waals surface area contributed by atoms with Gasteiger partial charge < -0.3 is 15.4 Å². The molecule has 0 aliphatic heterocycles. The highest BCUT2D eigenvalue weighted by molar-refractivity contribution is 5.90. The highest BCUT2D eigenvalue weighted by Gasteiger charge is 2.31. The Labute approximate surface area is 170 Å². The molecule has 0 aliphatic rings. The summed E-state index contributed by atoms with van der Waals surface area (Å²) in [5.41, 5.74) is 3.06. The summed E-state index contributed by atoms with van der Waals surface area (Å²) in [5, 5.41) is 9.77. The average molecular weight is 400 g/mol. The highest BCUT2D eigenvalue weighted by Crippen LogP contribution is 2.24. The van der Waals surface area contributed by atoms with Gasteiger partial charge in [0.1, 0.15) is 6.04 Å². The number of rotatable bonds is 8. The van der Waals surface area contributed by atoms with Gasteiger partial charge in [-0.3, -0.25) is 14.3 Å². The Kier molecular flexibility index (Phi) is 7.52. The molecule has 0 saturated heterocycles. The lowest BCUT2D eigenvalue weighted by molar-refractivity contribution is -0.147. The van der Waals surface area contributed by atoms with Gasteiger partial charge in [0.15, 0.2) is 6.04 Å². The molecule has 0 bridgehead atoms. The van der Waals surface area contributed by atoms with Crippen molar-refractivity contribution in [3.05, 3.63) is 52.8 Å². The molecule has 0 fully saturated rings. The zero-order chi connectivity index (χ0) is 21.6. The molecule has 1 aromatic carbocycles. The minimum absolute atomic E-state index is 0.183. The van der Waals surface area contributed by atoms with Gasteiger partial charge in [-0.05, 0) is 33.3 Å². The fourth-order valence-corrected chi connectivity index (χ4v) is 3.15. The Balaban J connectivity index is 2.34. The largest absolute Gasteiger partial charge is 0.464 e. The summed E-state index contributed by atoms with van der Waals surface area (Å²) >= 11 is 0. The Bertz CT molecular complexity index is 876. The summed E-state index contributed by atoms with van der Waals surface area (Å²) in [6.45, 7) is 8.95. The maximum atomic E-state index is 12.6. The molecule has 2 rings (SSSR count). The molecule has 29 heavy (non-hydrogen) atoms. The predicted octanol–water partition coefficient (Wildman–Crippen LogP) is 1.79. The number of benzene rings is 1. The Morgan fingerprint density at radius 1 is 1.14 bits per heavy atom. The molecule has 1 aromatic heterocycles. The summed E-state index contributed by atoms with van der Waals surface area (Å²) < 4.78 is 6.98. The van der Waals surface area contributed by atoms with Gasteiger partial charge in [0.25, 0.3) is 0 Å². The number of aryl methyl sites for hydroxylation is 1. The van der Waals surface area contributed by atoms with Crippen LogP contribution in [0.15, 0.2) is 30.3 Å². The van der Waals surface area contributed by atoms with Crippen LogP contribution in [0.1, 0.15) is 49.3 Å². The molecule has 0 spiro atoms. The molecular formula is C21H28N4O4. The van der Waals surface area contributed by atoms with Crippen LogP contribution in [0, 0.1) is 13.8 Å². The molecule has 2 atom stereocenters. The number of ether oxygens (including phenoxy) is 1. The summed E-state index contributed by atoms with van der Waals surface area (Å²) in [7, 11) is 0. The molecule has 0 aliphatic carbocycles. The van der Waals surface area contributed by atoms with E-state index < -0.39 is 24.0 Å². The number of hydrogen-bond donors (Lipinski definition) is 2. The van der Waals surface area contributed by atoms with E-state index in [0.29, 0.717) is 17.8 Å². The number of amides is 2. The average Bonchev–Trinajstić information content (AvgIpc) is 2.93. The number of nitrogens with zero attached hydrogens (tertiary/aromatic N) is 2. The highest BCUT2D eigenvalue weighted by atomic mass is 16.5. The zero-order valence-corrected chi connectivity index (χ0v) is 17.5. The normalized spacial score (nSPS) is 12.7. The maximum Gasteiger partial charge on any atom is 0.333 e. The van der Waals surface area contributed by atoms with E-state index in [1.165, 1.54) is 6.92 Å². The van der Waals surface area contributed by atoms with Gasteiger partial charge >= 0.3 is 5.97 Å². The molecule has 1 heterocycles. The molecule has 2 aromatic rings. The number of nitrogens with one attached hydrogen (secondary N) is 2. The third-order valence-corrected chi connectivity index (χ3v) is 4.52. The molecule has 2 amide bonds. The first kappa shape index (κ1) is 22.1. The smallest absolute Gasteiger partial charge is 0.333 e. The fourth-order valence-electron chi connectivity index (χ4n) is 3.15. The first-order valence-electron chi connectivity index (χ1n) is 9.56. The van der Waals surface area contributed by atoms with Crippen molar-refractivity contribution in [1.82, 2.24) is 20.4 Å². The van der Waals surface area contributed by atoms with Gasteiger partial charge in [-0.2, -0.15) is 5.10 Å². The van der Waals surface area contributed by atoms with Gasteiger partial charge in [-0.25, -0.2) is 4.79 Å². The zero-order valence-electron chi connectivity index (χ0n) is 17.5. The van der Waals surface area contributed by atoms with Crippen molar-refractivity contribution in [2.24, 2.45) is 0 Å². The van der Waals surface area contributed by atoms with Gasteiger partial charge in [-0.1, -0.05) is 30.3 Å². The number of esters is 1. The molecule has 0 saturated carbocycles. The standard InChI is InChI=1S/C21H28N4O4/c1-6-29-21(28)19(23-20(27)14(3)22-16(5)26)18-13(2)24-25(15(18)4)12-17-10-8-7-9-11-17/h7-11,14,19H,6,12H2,1-5H3,(H,22,26)(H,23,27)/t14-,19-/m1/s1. The molecular weight excluding hydrogens is 372 g/mol. The summed E-state index contributed by atoms with van der Waals surface area (Å²) in [4.78, 5) is 36.4. The van der Waals surface area contributed by atoms with E-state index >= 15 is 0 Å². The molecule has 0 unspecified atom stereocenters. The Morgan fingerprint density at radius 3 is 2.38 bits per heavy atom. The third kappa shape index (κ3) is 5.66. The Morgan fingerprint density at radius 2 is 1.79 bits per heavy atom. The van der Waals surface area contributed by atoms with Crippen molar-refractivity contribution in [1.29, 1.82) is 0 Å². The molecule has 0 radical (unpaired) electrons. The fraction of sp³-hybridized carbons (Fsp3) is 0.429. The van der Waals surface area contributed by atoms with Gasteiger partial charge in [-0.15, -0.1) is 0 Å². The number of carbonyl (C=O) groups excluding carboxylic acids is 3. The van der Waals surface area contributed by atoms with Crippen LogP contribution in [0.3, 0.4) is 0 Å². The van der Waals surface area contributed by atoms with Gasteiger partial charge in [0.2, 0.25) is 11.8 Å². The first-order chi connectivity index (χ1) is 13.7. The molecule has 8 nitrogen and oxygen atoms in total. The van der Waals surface area contributed by atoms with Crippen LogP contribution in [0.2, 0.25) is 0 Å². The van der Waals surface area contributed by atoms with Crippen LogP contribution in [0.4, 0.5) is 0 Å². The van der Waals surface area contributed by atoms with Crippen molar-refractivity contribution in [2.75, 3.05) is 6.61 Å². The summed E-state index contributed by atoms with van der Waals surface area (Å²) in [5.74, 6) is -1.38. The van der Waals surface area contributed by atoms with Gasteiger partial charge in [0, 0.05) is 18.2 Å². The first-order valence-corrected chi connectivity index (χ1v) is 9.56. The minimum atomic E-state index is -1.01. The van der Waals surface area contributed by atoms with Crippen molar-refractivity contribution >= 4 is 17.8 Å². The second-order valence-electron chi connectivity index (χ2n) is 6.84. The summed E-state index contributed by atoms with van der Waals surface area (Å²) in [6.07, 6.45) is 0. The predicted molar refractivity (Wildman–Crippen MR) is 108 cm³/mol. The van der Waals surface area contributed by atoms with E-state index in [0.717, 1.165) is 11.3 Å². The summed E-state index contributed by atoms with van der Waals surface area (Å²) in [6, 6.07) is 8.04. The molecule has 8 heteroatoms. The minimum Gasteiger partial charge on any atom is -0.464 e. The lowest BCUT2D eigenvalue weighted by Crippen LogP contribution is -2.47. The van der Waals surface area contributed by atoms with Crippen LogP contribution < -0.4 is 10.6 Å². The maximum absolute atomic E-state index is 12.6. The topological polar surface area (TPSA) is 102 Å². The van der Waals surface area contributed by atoms with Crippen LogP contribution in [-0.2, 0) is 25.7 Å². The van der Waals surface area contributed by atoms with E-state index in [-0.39, 0.29) is 12.5 Å². The third-order valence-electron chi connectivity index (χ3n) is 4.52. The van der Waals surface area contributed by atoms with E-state index in [1.807, 2.05) is 37.3 Å². The molecule has 2 N–H and O–H groups in total. The van der Waals surface area contributed by atoms with Gasteiger partial charge in [0.05, 0.1) is 18.8 Å². The molecule has 156 valence electrons. The quantitative estimate of drug-likeness (QED) is 0.658. The van der Waals surface area contributed by atoms with Crippen molar-refractivity contribution in [3.63, 3.8) is 0 Å². The van der Waals surface area contributed by atoms with Crippen LogP contribution in [0.5, 0.6) is 0 Å². The lowest BCUT2D eigenvalue weighted by atomic mass is 10.0. The second kappa shape index (κ2) is 9.86. The van der Waals surface area contributed by atoms with E-state index in [4.69, 9.17) is 4.74 Å². The lowest BCUT2D eigenvalue weighted by Gasteiger charge is -2.21. The van der Waals surface area contributed by atoms with Crippen molar-refractivity contribution in [2.45, 2.75) is 53.2 Å². The van der Waals surface area contributed by atoms with Crippen LogP contribution >= 0.6 is 0 Å². The number of carbonyl (C=O) groups is 3. The monoisotopic (exact) mass is 400 g/mol. The van der Waals surface area contributed by atoms with Crippen molar-refractivity contribution in [3.8, 4) is 0 Å². The van der Waals surface area contributed by atoms with Crippen LogP contribution in [-0.4, -0.2) is 40.2 Å². The van der Waals surface area contributed by atoms with E-state index in [9.17, 15) is 14.4 Å². The van der Waals surface area contributed by atoms with E-state index in [2.05, 4.69) is 15.7 Å². The van der Waals surface area contributed by atoms with E-state index in [1.54, 1.807) is 25.5 Å². The van der Waals surface area contributed by atoms with Crippen molar-refractivity contribution < 1.29 is 19.1 Å². The number of aromatic nitrogens is 2. The van der Waals surface area contributed by atoms with Crippen LogP contribution in [0.25, 0.3) is 0 Å². The number of hydrogen-bond acceptors (Lipinski definition) is 5. The second-order valence-corrected chi connectivity index (χ2v) is 6.84. The SMILES string of the molecule is CCOC(=O)[C@H](NC(=O)[C@@H](C)NC(C)=O)c1c(C)nn(Cc2ccccc2)c1C.